The molecule has 352 valence electrons. The molecule has 0 bridgehead atoms. The lowest BCUT2D eigenvalue weighted by Gasteiger charge is -2.34. The van der Waals surface area contributed by atoms with E-state index in [2.05, 4.69) is 259 Å². The Morgan fingerprint density at radius 3 is 1.57 bits per heavy atom. The Morgan fingerprint density at radius 2 is 0.878 bits per heavy atom. The van der Waals surface area contributed by atoms with Gasteiger partial charge in [-0.2, -0.15) is 0 Å². The van der Waals surface area contributed by atoms with E-state index in [1.165, 1.54) is 130 Å². The normalized spacial score (nSPS) is 15.6. The second kappa shape index (κ2) is 17.3. The van der Waals surface area contributed by atoms with Gasteiger partial charge in [0, 0.05) is 43.8 Å². The highest BCUT2D eigenvalue weighted by Gasteiger charge is 2.52. The number of anilines is 6. The van der Waals surface area contributed by atoms with Gasteiger partial charge in [0.1, 0.15) is 0 Å². The van der Waals surface area contributed by atoms with Crippen LogP contribution in [-0.2, 0) is 5.41 Å². The van der Waals surface area contributed by atoms with Crippen molar-refractivity contribution in [1.29, 1.82) is 0 Å². The van der Waals surface area contributed by atoms with Crippen LogP contribution in [0, 0.1) is 0 Å². The van der Waals surface area contributed by atoms with Gasteiger partial charge in [0.05, 0.1) is 21.5 Å². The van der Waals surface area contributed by atoms with Crippen LogP contribution in [0.25, 0.3) is 64.3 Å². The minimum Gasteiger partial charge on any atom is -0.310 e. The molecule has 0 aliphatic heterocycles. The highest BCUT2D eigenvalue weighted by molar-refractivity contribution is 7.26. The first kappa shape index (κ1) is 43.1. The minimum absolute atomic E-state index is 0.599. The zero-order valence-electron chi connectivity index (χ0n) is 41.1. The molecule has 15 rings (SSSR count). The summed E-state index contributed by atoms with van der Waals surface area (Å²) in [5.74, 6) is 0.619. The van der Waals surface area contributed by atoms with Crippen molar-refractivity contribution in [2.45, 2.75) is 43.4 Å². The average Bonchev–Trinajstić information content (AvgIpc) is 4.13. The molecule has 1 unspecified atom stereocenters. The fourth-order valence-electron chi connectivity index (χ4n) is 13.3. The van der Waals surface area contributed by atoms with Gasteiger partial charge in [0.2, 0.25) is 0 Å². The first-order valence-corrected chi connectivity index (χ1v) is 27.2. The maximum atomic E-state index is 2.56. The van der Waals surface area contributed by atoms with E-state index in [0.717, 1.165) is 28.4 Å². The van der Waals surface area contributed by atoms with Gasteiger partial charge in [-0.05, 0) is 158 Å². The van der Waals surface area contributed by atoms with Crippen molar-refractivity contribution in [2.24, 2.45) is 0 Å². The summed E-state index contributed by atoms with van der Waals surface area (Å²) in [6, 6.07) is 94.0. The van der Waals surface area contributed by atoms with Crippen molar-refractivity contribution < 1.29 is 0 Å². The van der Waals surface area contributed by atoms with Gasteiger partial charge in [-0.25, -0.2) is 0 Å². The van der Waals surface area contributed by atoms with Crippen LogP contribution in [0.15, 0.2) is 249 Å². The summed E-state index contributed by atoms with van der Waals surface area (Å²) in [5, 5.41) is 5.04. The molecule has 1 saturated carbocycles. The average molecular weight is 965 g/mol. The largest absolute Gasteiger partial charge is 0.310 e. The van der Waals surface area contributed by atoms with Crippen molar-refractivity contribution in [2.75, 3.05) is 9.80 Å². The van der Waals surface area contributed by atoms with Crippen LogP contribution < -0.4 is 9.80 Å². The smallest absolute Gasteiger partial charge is 0.0727 e. The van der Waals surface area contributed by atoms with E-state index in [-0.39, 0.29) is 0 Å². The third kappa shape index (κ3) is 6.62. The summed E-state index contributed by atoms with van der Waals surface area (Å²) in [6.45, 7) is 0. The van der Waals surface area contributed by atoms with Crippen molar-refractivity contribution in [3.8, 4) is 33.4 Å². The van der Waals surface area contributed by atoms with Gasteiger partial charge in [-0.15, -0.1) is 11.3 Å². The zero-order valence-corrected chi connectivity index (χ0v) is 41.9. The Labute approximate surface area is 437 Å². The molecular weight excluding hydrogens is 913 g/mol. The third-order valence-corrected chi connectivity index (χ3v) is 17.8. The quantitative estimate of drug-likeness (QED) is 0.150. The Kier molecular flexibility index (Phi) is 10.1. The molecule has 12 aromatic rings. The molecule has 1 spiro atoms. The van der Waals surface area contributed by atoms with Crippen LogP contribution >= 0.6 is 11.3 Å². The Bertz CT molecular complexity index is 4120. The number of nitrogens with zero attached hydrogens (tertiary/aromatic N) is 2. The van der Waals surface area contributed by atoms with Gasteiger partial charge in [0.15, 0.2) is 0 Å². The van der Waals surface area contributed by atoms with Gasteiger partial charge in [-0.1, -0.05) is 195 Å². The topological polar surface area (TPSA) is 6.48 Å². The maximum absolute atomic E-state index is 2.56. The molecule has 0 radical (unpaired) electrons. The second-order valence-electron chi connectivity index (χ2n) is 20.6. The fourth-order valence-corrected chi connectivity index (χ4v) is 14.5. The van der Waals surface area contributed by atoms with Crippen LogP contribution in [0.1, 0.15) is 65.8 Å². The number of thiophene rings is 1. The first-order valence-electron chi connectivity index (χ1n) is 26.4. The van der Waals surface area contributed by atoms with E-state index in [9.17, 15) is 0 Å². The lowest BCUT2D eigenvalue weighted by molar-refractivity contribution is 0.443. The molecule has 0 saturated heterocycles. The molecular formula is C71H52N2S. The molecule has 74 heavy (non-hydrogen) atoms. The number of fused-ring (bicyclic) bond motifs is 14. The molecule has 3 aliphatic carbocycles. The number of rotatable bonds is 8. The van der Waals surface area contributed by atoms with Crippen molar-refractivity contribution in [3.05, 3.63) is 277 Å². The van der Waals surface area contributed by atoms with Crippen LogP contribution in [0.5, 0.6) is 0 Å². The molecule has 11 aromatic carbocycles. The van der Waals surface area contributed by atoms with Gasteiger partial charge >= 0.3 is 0 Å². The number of hydrogen-bond acceptors (Lipinski definition) is 3. The van der Waals surface area contributed by atoms with Crippen LogP contribution in [-0.4, -0.2) is 0 Å². The fraction of sp³-hybridized carbons (Fsp3) is 0.0986. The molecule has 0 amide bonds. The standard InChI is InChI=1S/C71H52N2S/c1-4-19-47(20-5-1)48-35-37-53(38-36-48)73(68-44-51-24-11-10-23-50(51)43-62(68)49-21-6-2-7-22-49)55-40-42-59-57-28-13-16-32-64(57)71(66(59)46-55)63-31-15-12-27-56(63)58-41-39-54(45-65(58)71)72(52-25-8-3-9-26-52)67-33-18-30-61-60-29-14-17-34-69(60)74-70(61)67/h2-3,6-18,21-47H,1,4-5,19-20H2. The molecule has 3 aliphatic rings. The summed E-state index contributed by atoms with van der Waals surface area (Å²) in [7, 11) is 0. The van der Waals surface area contributed by atoms with Crippen molar-refractivity contribution >= 4 is 76.4 Å². The molecule has 3 heteroatoms. The summed E-state index contributed by atoms with van der Waals surface area (Å²) in [6.07, 6.45) is 6.52. The lowest BCUT2D eigenvalue weighted by Crippen LogP contribution is -2.26. The predicted octanol–water partition coefficient (Wildman–Crippen LogP) is 20.2. The Hall–Kier alpha value is -8.50. The van der Waals surface area contributed by atoms with E-state index in [0.29, 0.717) is 5.92 Å². The number of hydrogen-bond donors (Lipinski definition) is 0. The van der Waals surface area contributed by atoms with Gasteiger partial charge < -0.3 is 9.80 Å². The van der Waals surface area contributed by atoms with E-state index in [4.69, 9.17) is 0 Å². The minimum atomic E-state index is -0.599. The zero-order chi connectivity index (χ0) is 48.7. The SMILES string of the molecule is c1ccc(-c2cc3ccccc3cc2N(c2ccc(C3CCCCC3)cc2)c2ccc3c(c2)C2(c4ccccc4-3)c3ccccc3-c3ccc(N(c4ccccc4)c4cccc5c4sc4ccccc45)cc32)cc1. The third-order valence-electron chi connectivity index (χ3n) is 16.6. The van der Waals surface area contributed by atoms with E-state index >= 15 is 0 Å². The van der Waals surface area contributed by atoms with E-state index in [1.807, 2.05) is 11.3 Å². The molecule has 1 heterocycles. The summed E-state index contributed by atoms with van der Waals surface area (Å²) >= 11 is 1.88. The van der Waals surface area contributed by atoms with Crippen LogP contribution in [0.4, 0.5) is 34.1 Å². The highest BCUT2D eigenvalue weighted by atomic mass is 32.1. The van der Waals surface area contributed by atoms with Crippen LogP contribution in [0.3, 0.4) is 0 Å². The van der Waals surface area contributed by atoms with Crippen molar-refractivity contribution in [1.82, 2.24) is 0 Å². The first-order chi connectivity index (χ1) is 36.7. The molecule has 0 N–H and O–H groups in total. The molecule has 1 fully saturated rings. The van der Waals surface area contributed by atoms with E-state index in [1.54, 1.807) is 0 Å². The van der Waals surface area contributed by atoms with Crippen molar-refractivity contribution in [3.63, 3.8) is 0 Å². The van der Waals surface area contributed by atoms with Gasteiger partial charge in [0.25, 0.3) is 0 Å². The summed E-state index contributed by atoms with van der Waals surface area (Å²) in [4.78, 5) is 5.05. The second-order valence-corrected chi connectivity index (χ2v) is 21.6. The molecule has 1 atom stereocenters. The predicted molar refractivity (Wildman–Crippen MR) is 314 cm³/mol. The Balaban J connectivity index is 0.980. The van der Waals surface area contributed by atoms with Crippen LogP contribution in [0.2, 0.25) is 0 Å². The van der Waals surface area contributed by atoms with E-state index < -0.39 is 5.41 Å². The summed E-state index contributed by atoms with van der Waals surface area (Å²) < 4.78 is 2.59. The maximum Gasteiger partial charge on any atom is 0.0727 e. The monoisotopic (exact) mass is 964 g/mol. The Morgan fingerprint density at radius 1 is 0.351 bits per heavy atom. The highest BCUT2D eigenvalue weighted by Crippen LogP contribution is 2.64. The molecule has 2 nitrogen and oxygen atoms in total. The summed E-state index contributed by atoms with van der Waals surface area (Å²) in [5.41, 5.74) is 20.6. The lowest BCUT2D eigenvalue weighted by atomic mass is 9.70. The number of benzene rings is 11. The number of para-hydroxylation sites is 1. The van der Waals surface area contributed by atoms with Gasteiger partial charge in [-0.3, -0.25) is 0 Å². The molecule has 1 aromatic heterocycles.